The quantitative estimate of drug-likeness (QED) is 0.785. The molecule has 0 saturated carbocycles. The molecule has 106 valence electrons. The maximum Gasteiger partial charge on any atom is 0.0409 e. The normalized spacial score (nSPS) is 12.7. The molecule has 0 radical (unpaired) electrons. The van der Waals surface area contributed by atoms with Crippen LogP contribution in [-0.4, -0.2) is 0 Å². The molecule has 0 saturated heterocycles. The van der Waals surface area contributed by atoms with Gasteiger partial charge in [0.25, 0.3) is 0 Å². The second-order valence-electron chi connectivity index (χ2n) is 5.55. The lowest BCUT2D eigenvalue weighted by Gasteiger charge is -2.15. The topological polar surface area (TPSA) is 12.0 Å². The molecular weight excluding hydrogens is 266 g/mol. The van der Waals surface area contributed by atoms with E-state index in [9.17, 15) is 0 Å². The van der Waals surface area contributed by atoms with Crippen LogP contribution in [0.5, 0.6) is 0 Å². The lowest BCUT2D eigenvalue weighted by molar-refractivity contribution is 0.574. The molecule has 2 aromatic carbocycles. The minimum absolute atomic E-state index is 0.290. The van der Waals surface area contributed by atoms with E-state index in [0.717, 1.165) is 11.6 Å². The molecule has 0 amide bonds. The molecule has 0 spiro atoms. The summed E-state index contributed by atoms with van der Waals surface area (Å²) in [5.41, 5.74) is 3.91. The van der Waals surface area contributed by atoms with Crippen molar-refractivity contribution in [1.82, 2.24) is 5.32 Å². The molecule has 0 unspecified atom stereocenters. The van der Waals surface area contributed by atoms with Crippen LogP contribution in [0.4, 0.5) is 0 Å². The van der Waals surface area contributed by atoms with Crippen LogP contribution in [-0.2, 0) is 6.54 Å². The first kappa shape index (κ1) is 15.1. The van der Waals surface area contributed by atoms with Crippen molar-refractivity contribution in [3.05, 3.63) is 70.2 Å². The summed E-state index contributed by atoms with van der Waals surface area (Å²) in [4.78, 5) is 0. The van der Waals surface area contributed by atoms with Gasteiger partial charge in [-0.3, -0.25) is 0 Å². The summed E-state index contributed by atoms with van der Waals surface area (Å²) < 4.78 is 0. The smallest absolute Gasteiger partial charge is 0.0409 e. The summed E-state index contributed by atoms with van der Waals surface area (Å²) in [5.74, 6) is 0.586. The molecule has 2 rings (SSSR count). The van der Waals surface area contributed by atoms with Crippen molar-refractivity contribution in [2.24, 2.45) is 0 Å². The molecular formula is C18H22ClN. The van der Waals surface area contributed by atoms with Gasteiger partial charge in [0.2, 0.25) is 0 Å². The van der Waals surface area contributed by atoms with Gasteiger partial charge in [-0.1, -0.05) is 61.8 Å². The lowest BCUT2D eigenvalue weighted by Crippen LogP contribution is -2.18. The van der Waals surface area contributed by atoms with Crippen LogP contribution in [0.15, 0.2) is 48.5 Å². The van der Waals surface area contributed by atoms with Crippen molar-refractivity contribution in [2.45, 2.75) is 39.3 Å². The van der Waals surface area contributed by atoms with Crippen molar-refractivity contribution >= 4 is 11.6 Å². The van der Waals surface area contributed by atoms with Gasteiger partial charge in [0, 0.05) is 17.6 Å². The Morgan fingerprint density at radius 2 is 1.65 bits per heavy atom. The van der Waals surface area contributed by atoms with E-state index in [1.165, 1.54) is 16.7 Å². The Balaban J connectivity index is 1.94. The second kappa shape index (κ2) is 6.92. The maximum absolute atomic E-state index is 6.03. The molecule has 2 heteroatoms. The molecule has 0 fully saturated rings. The van der Waals surface area contributed by atoms with Crippen LogP contribution in [0.3, 0.4) is 0 Å². The number of benzene rings is 2. The van der Waals surface area contributed by atoms with Crippen LogP contribution in [0, 0.1) is 0 Å². The van der Waals surface area contributed by atoms with Gasteiger partial charge < -0.3 is 5.32 Å². The third-order valence-corrected chi connectivity index (χ3v) is 3.84. The van der Waals surface area contributed by atoms with Gasteiger partial charge in [-0.25, -0.2) is 0 Å². The van der Waals surface area contributed by atoms with Gasteiger partial charge in [0.05, 0.1) is 0 Å². The average Bonchev–Trinajstić information content (AvgIpc) is 2.45. The Morgan fingerprint density at radius 3 is 2.25 bits per heavy atom. The minimum atomic E-state index is 0.290. The summed E-state index contributed by atoms with van der Waals surface area (Å²) in [6.45, 7) is 7.46. The van der Waals surface area contributed by atoms with Gasteiger partial charge in [0.1, 0.15) is 0 Å². The van der Waals surface area contributed by atoms with E-state index in [1.54, 1.807) is 0 Å². The van der Waals surface area contributed by atoms with Crippen molar-refractivity contribution in [3.63, 3.8) is 0 Å². The van der Waals surface area contributed by atoms with Crippen LogP contribution >= 0.6 is 11.6 Å². The zero-order chi connectivity index (χ0) is 14.5. The number of nitrogens with one attached hydrogen (secondary N) is 1. The monoisotopic (exact) mass is 287 g/mol. The SMILES string of the molecule is CC(C)c1ccc(CN[C@H](C)c2cccc(Cl)c2)cc1. The lowest BCUT2D eigenvalue weighted by atomic mass is 10.0. The minimum Gasteiger partial charge on any atom is -0.306 e. The summed E-state index contributed by atoms with van der Waals surface area (Å²) in [6, 6.07) is 17.1. The molecule has 1 N–H and O–H groups in total. The first-order valence-corrected chi connectivity index (χ1v) is 7.51. The number of hydrogen-bond acceptors (Lipinski definition) is 1. The van der Waals surface area contributed by atoms with Crippen molar-refractivity contribution in [1.29, 1.82) is 0 Å². The van der Waals surface area contributed by atoms with Crippen molar-refractivity contribution in [3.8, 4) is 0 Å². The average molecular weight is 288 g/mol. The van der Waals surface area contributed by atoms with Gasteiger partial charge >= 0.3 is 0 Å². The summed E-state index contributed by atoms with van der Waals surface area (Å²) in [5, 5.41) is 4.32. The predicted octanol–water partition coefficient (Wildman–Crippen LogP) is 5.31. The highest BCUT2D eigenvalue weighted by molar-refractivity contribution is 6.30. The third-order valence-electron chi connectivity index (χ3n) is 3.61. The van der Waals surface area contributed by atoms with E-state index < -0.39 is 0 Å². The van der Waals surface area contributed by atoms with Gasteiger partial charge in [-0.2, -0.15) is 0 Å². The fraction of sp³-hybridized carbons (Fsp3) is 0.333. The largest absolute Gasteiger partial charge is 0.306 e. The van der Waals surface area contributed by atoms with E-state index in [0.29, 0.717) is 12.0 Å². The van der Waals surface area contributed by atoms with Crippen LogP contribution < -0.4 is 5.32 Å². The molecule has 0 bridgehead atoms. The molecule has 0 heterocycles. The van der Waals surface area contributed by atoms with Crippen LogP contribution in [0.2, 0.25) is 5.02 Å². The van der Waals surface area contributed by atoms with Gasteiger partial charge in [-0.05, 0) is 41.7 Å². The zero-order valence-corrected chi connectivity index (χ0v) is 13.1. The Kier molecular flexibility index (Phi) is 5.22. The Bertz CT molecular complexity index is 546. The van der Waals surface area contributed by atoms with Gasteiger partial charge in [0.15, 0.2) is 0 Å². The Morgan fingerprint density at radius 1 is 0.950 bits per heavy atom. The predicted molar refractivity (Wildman–Crippen MR) is 87.2 cm³/mol. The van der Waals surface area contributed by atoms with Crippen LogP contribution in [0.25, 0.3) is 0 Å². The molecule has 0 aliphatic heterocycles. The van der Waals surface area contributed by atoms with E-state index in [2.05, 4.69) is 56.4 Å². The highest BCUT2D eigenvalue weighted by Gasteiger charge is 2.05. The first-order valence-electron chi connectivity index (χ1n) is 7.14. The standard InChI is InChI=1S/C18H22ClN/c1-13(2)16-9-7-15(8-10-16)12-20-14(3)17-5-4-6-18(19)11-17/h4-11,13-14,20H,12H2,1-3H3/t14-/m1/s1. The summed E-state index contributed by atoms with van der Waals surface area (Å²) in [7, 11) is 0. The zero-order valence-electron chi connectivity index (χ0n) is 12.4. The fourth-order valence-corrected chi connectivity index (χ4v) is 2.38. The van der Waals surface area contributed by atoms with Crippen molar-refractivity contribution < 1.29 is 0 Å². The van der Waals surface area contributed by atoms with E-state index in [4.69, 9.17) is 11.6 Å². The Labute approximate surface area is 127 Å². The molecule has 0 aliphatic rings. The summed E-state index contributed by atoms with van der Waals surface area (Å²) >= 11 is 6.03. The first-order chi connectivity index (χ1) is 9.56. The molecule has 0 aromatic heterocycles. The third kappa shape index (κ3) is 4.09. The molecule has 0 aliphatic carbocycles. The summed E-state index contributed by atoms with van der Waals surface area (Å²) in [6.07, 6.45) is 0. The molecule has 1 atom stereocenters. The fourth-order valence-electron chi connectivity index (χ4n) is 2.19. The highest BCUT2D eigenvalue weighted by atomic mass is 35.5. The second-order valence-corrected chi connectivity index (χ2v) is 5.99. The molecule has 1 nitrogen and oxygen atoms in total. The van der Waals surface area contributed by atoms with Crippen molar-refractivity contribution in [2.75, 3.05) is 0 Å². The van der Waals surface area contributed by atoms with Gasteiger partial charge in [-0.15, -0.1) is 0 Å². The van der Waals surface area contributed by atoms with E-state index in [1.807, 2.05) is 18.2 Å². The highest BCUT2D eigenvalue weighted by Crippen LogP contribution is 2.18. The Hall–Kier alpha value is -1.31. The van der Waals surface area contributed by atoms with Crippen LogP contribution in [0.1, 0.15) is 49.4 Å². The van der Waals surface area contributed by atoms with E-state index in [-0.39, 0.29) is 0 Å². The maximum atomic E-state index is 6.03. The number of halogens is 1. The molecule has 2 aromatic rings. The number of hydrogen-bond donors (Lipinski definition) is 1. The molecule has 20 heavy (non-hydrogen) atoms. The number of rotatable bonds is 5. The van der Waals surface area contributed by atoms with E-state index >= 15 is 0 Å².